The quantitative estimate of drug-likeness (QED) is 0.171. The number of carbonyl (C=O) groups excluding carboxylic acids is 3. The van der Waals surface area contributed by atoms with Crippen LogP contribution in [0, 0.1) is 23.7 Å². The van der Waals surface area contributed by atoms with Crippen molar-refractivity contribution in [2.45, 2.75) is 79.4 Å². The van der Waals surface area contributed by atoms with Crippen LogP contribution in [0.25, 0.3) is 0 Å². The van der Waals surface area contributed by atoms with Crippen molar-refractivity contribution in [3.05, 3.63) is 29.8 Å². The molecule has 0 spiro atoms. The van der Waals surface area contributed by atoms with E-state index in [0.29, 0.717) is 43.8 Å². The molecule has 1 aromatic carbocycles. The second-order valence-corrected chi connectivity index (χ2v) is 10.7. The van der Waals surface area contributed by atoms with Gasteiger partial charge < -0.3 is 31.5 Å². The second-order valence-electron chi connectivity index (χ2n) is 10.7. The van der Waals surface area contributed by atoms with Gasteiger partial charge in [0.15, 0.2) is 0 Å². The van der Waals surface area contributed by atoms with E-state index >= 15 is 0 Å². The fraction of sp³-hybridized carbons (Fsp3) is 0.690. The molecule has 0 heterocycles. The SMILES string of the molecule is CCCCNC(=O)C(CC(O)C(N)CC(CNC(=O)c1ccccc1OCCNC(C)=O)C(C)C)C(C)C.Cl. The lowest BCUT2D eigenvalue weighted by Crippen LogP contribution is -2.44. The number of hydrogen-bond acceptors (Lipinski definition) is 6. The third-order valence-electron chi connectivity index (χ3n) is 6.87. The first-order chi connectivity index (χ1) is 18.0. The predicted molar refractivity (Wildman–Crippen MR) is 158 cm³/mol. The molecular formula is C29H51ClN4O5. The lowest BCUT2D eigenvalue weighted by molar-refractivity contribution is -0.127. The topological polar surface area (TPSA) is 143 Å². The van der Waals surface area contributed by atoms with E-state index in [2.05, 4.69) is 36.7 Å². The van der Waals surface area contributed by atoms with Crippen molar-refractivity contribution in [2.75, 3.05) is 26.2 Å². The molecule has 0 bridgehead atoms. The van der Waals surface area contributed by atoms with Gasteiger partial charge in [0.1, 0.15) is 12.4 Å². The smallest absolute Gasteiger partial charge is 0.255 e. The zero-order chi connectivity index (χ0) is 28.7. The van der Waals surface area contributed by atoms with E-state index in [1.54, 1.807) is 24.3 Å². The molecule has 1 aromatic rings. The summed E-state index contributed by atoms with van der Waals surface area (Å²) in [5.74, 6) is 0.0294. The summed E-state index contributed by atoms with van der Waals surface area (Å²) in [6.45, 7) is 13.2. The molecule has 0 aromatic heterocycles. The van der Waals surface area contributed by atoms with Gasteiger partial charge in [0.05, 0.1) is 18.2 Å². The summed E-state index contributed by atoms with van der Waals surface area (Å²) in [5, 5.41) is 19.5. The molecule has 3 amide bonds. The Balaban J connectivity index is 0.0000144. The zero-order valence-corrected chi connectivity index (χ0v) is 25.3. The summed E-state index contributed by atoms with van der Waals surface area (Å²) in [6, 6.07) is 6.45. The number of rotatable bonds is 18. The molecule has 10 heteroatoms. The number of benzene rings is 1. The summed E-state index contributed by atoms with van der Waals surface area (Å²) >= 11 is 0. The molecule has 0 saturated heterocycles. The highest BCUT2D eigenvalue weighted by Crippen LogP contribution is 2.24. The van der Waals surface area contributed by atoms with Gasteiger partial charge in [-0.2, -0.15) is 0 Å². The molecule has 0 aliphatic rings. The zero-order valence-electron chi connectivity index (χ0n) is 24.5. The van der Waals surface area contributed by atoms with Gasteiger partial charge in [-0.25, -0.2) is 0 Å². The van der Waals surface area contributed by atoms with Gasteiger partial charge in [-0.15, -0.1) is 12.4 Å². The summed E-state index contributed by atoms with van der Waals surface area (Å²) < 4.78 is 5.70. The predicted octanol–water partition coefficient (Wildman–Crippen LogP) is 3.28. The average molecular weight is 571 g/mol. The number of para-hydroxylation sites is 1. The molecule has 0 fully saturated rings. The van der Waals surface area contributed by atoms with Crippen LogP contribution in [-0.4, -0.2) is 61.2 Å². The summed E-state index contributed by atoms with van der Waals surface area (Å²) in [7, 11) is 0. The van der Waals surface area contributed by atoms with E-state index in [1.165, 1.54) is 6.92 Å². The first kappa shape index (κ1) is 36.6. The summed E-state index contributed by atoms with van der Waals surface area (Å²) in [6.07, 6.45) is 1.92. The van der Waals surface area contributed by atoms with Crippen LogP contribution in [0.3, 0.4) is 0 Å². The molecule has 0 aliphatic heterocycles. The number of hydrogen-bond donors (Lipinski definition) is 5. The minimum atomic E-state index is -0.825. The fourth-order valence-electron chi connectivity index (χ4n) is 4.22. The van der Waals surface area contributed by atoms with E-state index in [4.69, 9.17) is 10.5 Å². The third-order valence-corrected chi connectivity index (χ3v) is 6.87. The van der Waals surface area contributed by atoms with Crippen molar-refractivity contribution in [3.63, 3.8) is 0 Å². The van der Waals surface area contributed by atoms with Crippen LogP contribution >= 0.6 is 12.4 Å². The van der Waals surface area contributed by atoms with Crippen LogP contribution < -0.4 is 26.4 Å². The first-order valence-corrected chi connectivity index (χ1v) is 13.9. The molecule has 224 valence electrons. The first-order valence-electron chi connectivity index (χ1n) is 13.9. The summed E-state index contributed by atoms with van der Waals surface area (Å²) in [4.78, 5) is 36.7. The van der Waals surface area contributed by atoms with Crippen LogP contribution in [0.2, 0.25) is 0 Å². The lowest BCUT2D eigenvalue weighted by Gasteiger charge is -2.30. The minimum absolute atomic E-state index is 0. The Bertz CT molecular complexity index is 868. The average Bonchev–Trinajstić information content (AvgIpc) is 2.86. The van der Waals surface area contributed by atoms with E-state index in [1.807, 2.05) is 13.8 Å². The van der Waals surface area contributed by atoms with E-state index < -0.39 is 12.1 Å². The van der Waals surface area contributed by atoms with E-state index in [-0.39, 0.29) is 60.4 Å². The van der Waals surface area contributed by atoms with Crippen LogP contribution in [-0.2, 0) is 9.59 Å². The Kier molecular flexibility index (Phi) is 18.5. The van der Waals surface area contributed by atoms with Crippen LogP contribution in [0.4, 0.5) is 0 Å². The highest BCUT2D eigenvalue weighted by molar-refractivity contribution is 5.96. The van der Waals surface area contributed by atoms with Crippen LogP contribution in [0.15, 0.2) is 24.3 Å². The van der Waals surface area contributed by atoms with Crippen molar-refractivity contribution < 1.29 is 24.2 Å². The van der Waals surface area contributed by atoms with Gasteiger partial charge in [0.25, 0.3) is 5.91 Å². The largest absolute Gasteiger partial charge is 0.491 e. The van der Waals surface area contributed by atoms with Crippen molar-refractivity contribution in [2.24, 2.45) is 29.4 Å². The number of aliphatic hydroxyl groups is 1. The van der Waals surface area contributed by atoms with Crippen LogP contribution in [0.1, 0.15) is 77.6 Å². The monoisotopic (exact) mass is 570 g/mol. The Labute approximate surface area is 240 Å². The molecule has 4 unspecified atom stereocenters. The molecule has 6 N–H and O–H groups in total. The number of carbonyl (C=O) groups is 3. The molecule has 0 radical (unpaired) electrons. The Morgan fingerprint density at radius 3 is 2.23 bits per heavy atom. The number of amides is 3. The molecule has 0 saturated carbocycles. The highest BCUT2D eigenvalue weighted by Gasteiger charge is 2.29. The maximum Gasteiger partial charge on any atom is 0.255 e. The molecule has 4 atom stereocenters. The maximum atomic E-state index is 13.0. The number of aliphatic hydroxyl groups excluding tert-OH is 1. The lowest BCUT2D eigenvalue weighted by atomic mass is 9.83. The Hall–Kier alpha value is -2.36. The number of nitrogens with one attached hydrogen (secondary N) is 3. The highest BCUT2D eigenvalue weighted by atomic mass is 35.5. The van der Waals surface area contributed by atoms with Gasteiger partial charge in [-0.05, 0) is 49.1 Å². The van der Waals surface area contributed by atoms with Crippen molar-refractivity contribution in [1.29, 1.82) is 0 Å². The number of ether oxygens (including phenoxy) is 1. The van der Waals surface area contributed by atoms with Crippen molar-refractivity contribution in [3.8, 4) is 5.75 Å². The summed E-state index contributed by atoms with van der Waals surface area (Å²) in [5.41, 5.74) is 6.83. The standard InChI is InChI=1S/C29H50N4O5.ClH/c1-7-8-13-32-29(37)24(20(4)5)17-26(35)25(30)16-22(19(2)3)18-33-28(36)23-11-9-10-12-27(23)38-15-14-31-21(6)34;/h9-12,19-20,22,24-26,35H,7-8,13-18,30H2,1-6H3,(H,31,34)(H,32,37)(H,33,36);1H. The molecule has 39 heavy (non-hydrogen) atoms. The Morgan fingerprint density at radius 1 is 0.974 bits per heavy atom. The van der Waals surface area contributed by atoms with Gasteiger partial charge >= 0.3 is 0 Å². The van der Waals surface area contributed by atoms with Gasteiger partial charge in [-0.3, -0.25) is 14.4 Å². The van der Waals surface area contributed by atoms with Crippen molar-refractivity contribution in [1.82, 2.24) is 16.0 Å². The van der Waals surface area contributed by atoms with Crippen molar-refractivity contribution >= 4 is 30.1 Å². The molecular weight excluding hydrogens is 520 g/mol. The minimum Gasteiger partial charge on any atom is -0.491 e. The van der Waals surface area contributed by atoms with Crippen LogP contribution in [0.5, 0.6) is 5.75 Å². The third kappa shape index (κ3) is 14.0. The van der Waals surface area contributed by atoms with Gasteiger partial charge in [0.2, 0.25) is 11.8 Å². The molecule has 0 aliphatic carbocycles. The fourth-order valence-corrected chi connectivity index (χ4v) is 4.22. The van der Waals surface area contributed by atoms with Gasteiger partial charge in [0, 0.05) is 32.0 Å². The number of halogens is 1. The molecule has 1 rings (SSSR count). The normalized spacial score (nSPS) is 14.1. The second kappa shape index (κ2) is 19.7. The van der Waals surface area contributed by atoms with E-state index in [9.17, 15) is 19.5 Å². The maximum absolute atomic E-state index is 13.0. The number of unbranched alkanes of at least 4 members (excludes halogenated alkanes) is 1. The Morgan fingerprint density at radius 2 is 1.64 bits per heavy atom. The molecule has 9 nitrogen and oxygen atoms in total. The number of nitrogens with two attached hydrogens (primary N) is 1. The van der Waals surface area contributed by atoms with Gasteiger partial charge in [-0.1, -0.05) is 53.2 Å². The van der Waals surface area contributed by atoms with E-state index in [0.717, 1.165) is 12.8 Å².